The Bertz CT molecular complexity index is 307. The Hall–Kier alpha value is -1.84. The molecule has 1 aromatic carbocycles. The highest BCUT2D eigenvalue weighted by Crippen LogP contribution is 2.14. The summed E-state index contributed by atoms with van der Waals surface area (Å²) in [6.45, 7) is 6.83. The van der Waals surface area contributed by atoms with Crippen LogP contribution in [-0.4, -0.2) is 19.3 Å². The van der Waals surface area contributed by atoms with E-state index in [0.717, 1.165) is 12.0 Å². The number of anilines is 1. The zero-order valence-electron chi connectivity index (χ0n) is 11.1. The Labute approximate surface area is 103 Å². The normalized spacial score (nSPS) is 7.59. The van der Waals surface area contributed by atoms with E-state index in [4.69, 9.17) is 9.53 Å². The van der Waals surface area contributed by atoms with Crippen molar-refractivity contribution in [2.75, 3.05) is 12.4 Å². The molecule has 0 aliphatic rings. The van der Waals surface area contributed by atoms with Gasteiger partial charge in [0.25, 0.3) is 0 Å². The van der Waals surface area contributed by atoms with Gasteiger partial charge in [-0.2, -0.15) is 0 Å². The highest BCUT2D eigenvalue weighted by atomic mass is 16.5. The van der Waals surface area contributed by atoms with Gasteiger partial charge in [-0.05, 0) is 31.2 Å². The third kappa shape index (κ3) is 10.4. The number of carbonyl (C=O) groups excluding carboxylic acids is 2. The second kappa shape index (κ2) is 12.2. The van der Waals surface area contributed by atoms with Crippen LogP contribution in [0.15, 0.2) is 24.3 Å². The Balaban J connectivity index is 0. The van der Waals surface area contributed by atoms with Crippen molar-refractivity contribution in [2.24, 2.45) is 0 Å². The van der Waals surface area contributed by atoms with E-state index >= 15 is 0 Å². The molecule has 0 fully saturated rings. The Morgan fingerprint density at radius 1 is 1.24 bits per heavy atom. The van der Waals surface area contributed by atoms with Crippen molar-refractivity contribution in [1.82, 2.24) is 0 Å². The molecule has 0 aromatic heterocycles. The predicted molar refractivity (Wildman–Crippen MR) is 70.4 cm³/mol. The minimum atomic E-state index is -0.299. The van der Waals surface area contributed by atoms with Gasteiger partial charge in [-0.1, -0.05) is 13.8 Å². The zero-order valence-corrected chi connectivity index (χ0v) is 11.1. The molecule has 0 heterocycles. The maximum atomic E-state index is 10.5. The van der Waals surface area contributed by atoms with Gasteiger partial charge < -0.3 is 14.8 Å². The van der Waals surface area contributed by atoms with Crippen LogP contribution in [0.2, 0.25) is 0 Å². The lowest BCUT2D eigenvalue weighted by atomic mass is 10.3. The van der Waals surface area contributed by atoms with Gasteiger partial charge in [0, 0.05) is 19.7 Å². The van der Waals surface area contributed by atoms with Crippen LogP contribution in [0.4, 0.5) is 5.69 Å². The van der Waals surface area contributed by atoms with Crippen molar-refractivity contribution in [2.45, 2.75) is 27.7 Å². The van der Waals surface area contributed by atoms with Crippen LogP contribution >= 0.6 is 0 Å². The first-order valence-electron chi connectivity index (χ1n) is 5.50. The van der Waals surface area contributed by atoms with E-state index in [9.17, 15) is 4.79 Å². The van der Waals surface area contributed by atoms with Crippen molar-refractivity contribution in [3.05, 3.63) is 24.3 Å². The summed E-state index contributed by atoms with van der Waals surface area (Å²) in [4.78, 5) is 19.3. The molecule has 1 rings (SSSR count). The Kier molecular flexibility index (Phi) is 12.6. The number of ether oxygens (including phenoxy) is 1. The number of hydrogen-bond acceptors (Lipinski definition) is 4. The summed E-state index contributed by atoms with van der Waals surface area (Å²) in [6.07, 6.45) is 0.750. The second-order valence-corrected chi connectivity index (χ2v) is 2.60. The average molecular weight is 239 g/mol. The molecule has 0 saturated heterocycles. The first-order valence-corrected chi connectivity index (χ1v) is 5.50. The van der Waals surface area contributed by atoms with E-state index in [1.165, 1.54) is 13.8 Å². The van der Waals surface area contributed by atoms with E-state index in [1.807, 2.05) is 33.0 Å². The van der Waals surface area contributed by atoms with Crippen LogP contribution in [0.1, 0.15) is 27.7 Å². The Morgan fingerprint density at radius 2 is 1.65 bits per heavy atom. The fourth-order valence-corrected chi connectivity index (χ4v) is 0.856. The second-order valence-electron chi connectivity index (χ2n) is 2.60. The van der Waals surface area contributed by atoms with Gasteiger partial charge in [0.05, 0.1) is 0 Å². The van der Waals surface area contributed by atoms with Crippen LogP contribution in [0, 0.1) is 0 Å². The summed E-state index contributed by atoms with van der Waals surface area (Å²) in [7, 11) is 1.83. The van der Waals surface area contributed by atoms with Crippen LogP contribution < -0.4 is 10.1 Å². The monoisotopic (exact) mass is 239 g/mol. The number of rotatable bonds is 2. The van der Waals surface area contributed by atoms with Gasteiger partial charge in [0.15, 0.2) is 0 Å². The molecule has 0 aliphatic heterocycles. The van der Waals surface area contributed by atoms with Crippen molar-refractivity contribution in [3.63, 3.8) is 0 Å². The number of aldehydes is 1. The molecular weight excluding hydrogens is 218 g/mol. The third-order valence-corrected chi connectivity index (χ3v) is 1.40. The molecule has 17 heavy (non-hydrogen) atoms. The van der Waals surface area contributed by atoms with Crippen molar-refractivity contribution in [1.29, 1.82) is 0 Å². The minimum Gasteiger partial charge on any atom is -0.427 e. The van der Waals surface area contributed by atoms with Gasteiger partial charge in [-0.25, -0.2) is 0 Å². The molecule has 0 aliphatic carbocycles. The molecule has 0 spiro atoms. The molecule has 0 bridgehead atoms. The highest BCUT2D eigenvalue weighted by Gasteiger charge is 1.96. The predicted octanol–water partition coefficient (Wildman–Crippen LogP) is 2.89. The molecular formula is C13H21NO3. The lowest BCUT2D eigenvalue weighted by Gasteiger charge is -2.02. The molecule has 96 valence electrons. The quantitative estimate of drug-likeness (QED) is 0.490. The first kappa shape index (κ1) is 17.6. The summed E-state index contributed by atoms with van der Waals surface area (Å²) >= 11 is 0. The molecule has 0 atom stereocenters. The topological polar surface area (TPSA) is 55.4 Å². The van der Waals surface area contributed by atoms with E-state index in [1.54, 1.807) is 12.1 Å². The molecule has 0 amide bonds. The van der Waals surface area contributed by atoms with Gasteiger partial charge in [0.2, 0.25) is 0 Å². The summed E-state index contributed by atoms with van der Waals surface area (Å²) in [5.74, 6) is 0.272. The summed E-state index contributed by atoms with van der Waals surface area (Å²) in [5, 5.41) is 2.97. The lowest BCUT2D eigenvalue weighted by molar-refractivity contribution is -0.131. The van der Waals surface area contributed by atoms with E-state index in [0.29, 0.717) is 5.75 Å². The molecule has 1 aromatic rings. The molecule has 0 saturated carbocycles. The van der Waals surface area contributed by atoms with Gasteiger partial charge in [-0.15, -0.1) is 0 Å². The molecule has 0 radical (unpaired) electrons. The molecule has 0 unspecified atom stereocenters. The minimum absolute atomic E-state index is 0.299. The summed E-state index contributed by atoms with van der Waals surface area (Å²) in [6, 6.07) is 7.18. The van der Waals surface area contributed by atoms with Crippen LogP contribution in [0.5, 0.6) is 5.75 Å². The van der Waals surface area contributed by atoms with Crippen molar-refractivity contribution >= 4 is 17.9 Å². The van der Waals surface area contributed by atoms with Crippen molar-refractivity contribution in [3.8, 4) is 5.75 Å². The van der Waals surface area contributed by atoms with Gasteiger partial charge in [-0.3, -0.25) is 4.79 Å². The van der Waals surface area contributed by atoms with Crippen LogP contribution in [0.3, 0.4) is 0 Å². The Morgan fingerprint density at radius 3 is 1.94 bits per heavy atom. The maximum Gasteiger partial charge on any atom is 0.308 e. The van der Waals surface area contributed by atoms with Crippen LogP contribution in [-0.2, 0) is 9.59 Å². The smallest absolute Gasteiger partial charge is 0.308 e. The standard InChI is InChI=1S/C9H11NO2.C2H4O.C2H6/c1-7(11)12-9-5-3-8(10-2)4-6-9;1-2-3;1-2/h3-6,10H,1-2H3;2H,1H3;1-2H3. The third-order valence-electron chi connectivity index (χ3n) is 1.40. The van der Waals surface area contributed by atoms with Crippen molar-refractivity contribution < 1.29 is 14.3 Å². The SMILES string of the molecule is CC.CC=O.CNc1ccc(OC(C)=O)cc1. The molecule has 4 heteroatoms. The summed E-state index contributed by atoms with van der Waals surface area (Å²) < 4.78 is 4.85. The lowest BCUT2D eigenvalue weighted by Crippen LogP contribution is -2.01. The van der Waals surface area contributed by atoms with E-state index in [2.05, 4.69) is 5.32 Å². The first-order chi connectivity index (χ1) is 8.13. The number of esters is 1. The number of carbonyl (C=O) groups is 2. The highest BCUT2D eigenvalue weighted by molar-refractivity contribution is 5.69. The fourth-order valence-electron chi connectivity index (χ4n) is 0.856. The molecule has 4 nitrogen and oxygen atoms in total. The van der Waals surface area contributed by atoms with Gasteiger partial charge >= 0.3 is 5.97 Å². The van der Waals surface area contributed by atoms with Crippen LogP contribution in [0.25, 0.3) is 0 Å². The molecule has 1 N–H and O–H groups in total. The fraction of sp³-hybridized carbons (Fsp3) is 0.385. The zero-order chi connectivity index (χ0) is 13.7. The number of hydrogen-bond donors (Lipinski definition) is 1. The van der Waals surface area contributed by atoms with E-state index in [-0.39, 0.29) is 5.97 Å². The van der Waals surface area contributed by atoms with Gasteiger partial charge in [0.1, 0.15) is 12.0 Å². The average Bonchev–Trinajstić information content (AvgIpc) is 2.33. The van der Waals surface area contributed by atoms with E-state index < -0.39 is 0 Å². The number of benzene rings is 1. The number of nitrogens with one attached hydrogen (secondary N) is 1. The summed E-state index contributed by atoms with van der Waals surface area (Å²) in [5.41, 5.74) is 0.992. The largest absolute Gasteiger partial charge is 0.427 e. The maximum absolute atomic E-state index is 10.5.